The summed E-state index contributed by atoms with van der Waals surface area (Å²) in [4.78, 5) is 40.0. The molecular weight excluding hydrogens is 596 g/mol. The minimum absolute atomic E-state index is 0.0509. The summed E-state index contributed by atoms with van der Waals surface area (Å²) in [6.45, 7) is 1.09. The maximum Gasteiger partial charge on any atom is 0.298 e. The lowest BCUT2D eigenvalue weighted by atomic mass is 10.00. The van der Waals surface area contributed by atoms with Crippen molar-refractivity contribution in [1.29, 1.82) is 5.26 Å². The zero-order valence-corrected chi connectivity index (χ0v) is 25.8. The second kappa shape index (κ2) is 14.4. The Morgan fingerprint density at radius 1 is 1.04 bits per heavy atom. The Morgan fingerprint density at radius 2 is 1.72 bits per heavy atom. The number of amides is 3. The summed E-state index contributed by atoms with van der Waals surface area (Å²) in [5.41, 5.74) is 0.902. The van der Waals surface area contributed by atoms with Crippen molar-refractivity contribution in [2.75, 3.05) is 51.6 Å². The van der Waals surface area contributed by atoms with Crippen LogP contribution in [0.1, 0.15) is 37.5 Å². The number of methoxy groups -OCH3 is 1. The van der Waals surface area contributed by atoms with Crippen LogP contribution >= 0.6 is 0 Å². The maximum absolute atomic E-state index is 14.9. The van der Waals surface area contributed by atoms with Gasteiger partial charge in [-0.25, -0.2) is 0 Å². The first-order valence-corrected chi connectivity index (χ1v) is 14.2. The van der Waals surface area contributed by atoms with E-state index in [0.717, 1.165) is 0 Å². The molecule has 0 saturated heterocycles. The summed E-state index contributed by atoms with van der Waals surface area (Å²) in [6, 6.07) is 19.5. The highest BCUT2D eigenvalue weighted by molar-refractivity contribution is 6.13. The van der Waals surface area contributed by atoms with E-state index in [1.165, 1.54) is 77.5 Å². The molecule has 0 radical (unpaired) electrons. The van der Waals surface area contributed by atoms with Crippen LogP contribution in [0.5, 0.6) is 5.75 Å². The summed E-state index contributed by atoms with van der Waals surface area (Å²) in [5.74, 6) is -3.76. The van der Waals surface area contributed by atoms with Crippen LogP contribution in [0, 0.1) is 11.3 Å². The van der Waals surface area contributed by atoms with E-state index in [1.54, 1.807) is 25.2 Å². The van der Waals surface area contributed by atoms with E-state index in [0.29, 0.717) is 24.5 Å². The number of nitriles is 1. The lowest BCUT2D eigenvalue weighted by Gasteiger charge is -2.28. The van der Waals surface area contributed by atoms with Gasteiger partial charge in [0.2, 0.25) is 5.91 Å². The van der Waals surface area contributed by atoms with Crippen molar-refractivity contribution in [3.63, 3.8) is 0 Å². The Hall–Kier alpha value is -5.61. The summed E-state index contributed by atoms with van der Waals surface area (Å²) in [5, 5.41) is 18.7. The number of likely N-dealkylation sites (N-methyl/N-ethyl adjacent to an activating group) is 2. The SMILES string of the molecule is CNC(=O)CN(C)C.COc1ccc(C(=O)Nc2cnn3c2C(=O)N(c2ccc(C(F)(F)c4ccccc4)cc2)CC3)cc1C#N. The number of anilines is 2. The highest BCUT2D eigenvalue weighted by Crippen LogP contribution is 2.36. The van der Waals surface area contributed by atoms with Crippen molar-refractivity contribution in [3.05, 3.63) is 107 Å². The second-order valence-electron chi connectivity index (χ2n) is 10.5. The largest absolute Gasteiger partial charge is 0.495 e. The number of hydrogen-bond acceptors (Lipinski definition) is 7. The Morgan fingerprint density at radius 3 is 2.30 bits per heavy atom. The molecule has 0 unspecified atom stereocenters. The monoisotopic (exact) mass is 629 g/mol. The number of hydrogen-bond donors (Lipinski definition) is 2. The maximum atomic E-state index is 14.9. The predicted molar refractivity (Wildman–Crippen MR) is 168 cm³/mol. The third-order valence-corrected chi connectivity index (χ3v) is 7.07. The van der Waals surface area contributed by atoms with Gasteiger partial charge >= 0.3 is 0 Å². The molecule has 2 N–H and O–H groups in total. The smallest absolute Gasteiger partial charge is 0.298 e. The van der Waals surface area contributed by atoms with Gasteiger partial charge in [0.1, 0.15) is 17.5 Å². The van der Waals surface area contributed by atoms with Crippen molar-refractivity contribution in [3.8, 4) is 11.8 Å². The highest BCUT2D eigenvalue weighted by Gasteiger charge is 2.35. The molecule has 5 rings (SSSR count). The van der Waals surface area contributed by atoms with E-state index in [4.69, 9.17) is 4.74 Å². The molecule has 0 atom stereocenters. The molecule has 4 aromatic rings. The van der Waals surface area contributed by atoms with E-state index < -0.39 is 17.7 Å². The van der Waals surface area contributed by atoms with Crippen LogP contribution in [0.25, 0.3) is 0 Å². The molecule has 0 bridgehead atoms. The normalized spacial score (nSPS) is 12.4. The Labute approximate surface area is 265 Å². The molecule has 238 valence electrons. The molecule has 1 aliphatic heterocycles. The minimum Gasteiger partial charge on any atom is -0.495 e. The van der Waals surface area contributed by atoms with Crippen LogP contribution in [0.3, 0.4) is 0 Å². The topological polar surface area (TPSA) is 133 Å². The number of rotatable bonds is 8. The van der Waals surface area contributed by atoms with E-state index in [1.807, 2.05) is 25.1 Å². The first-order valence-electron chi connectivity index (χ1n) is 14.2. The molecular formula is C33H33F2N7O4. The van der Waals surface area contributed by atoms with Gasteiger partial charge in [-0.15, -0.1) is 0 Å². The number of carbonyl (C=O) groups is 3. The molecule has 3 aromatic carbocycles. The van der Waals surface area contributed by atoms with E-state index in [9.17, 15) is 28.4 Å². The second-order valence-corrected chi connectivity index (χ2v) is 10.5. The van der Waals surface area contributed by atoms with Gasteiger partial charge in [-0.05, 0) is 44.4 Å². The van der Waals surface area contributed by atoms with Crippen molar-refractivity contribution < 1.29 is 27.9 Å². The van der Waals surface area contributed by atoms with E-state index >= 15 is 0 Å². The molecule has 3 amide bonds. The van der Waals surface area contributed by atoms with Gasteiger partial charge in [-0.1, -0.05) is 42.5 Å². The Bertz CT molecular complexity index is 1750. The fourth-order valence-electron chi connectivity index (χ4n) is 4.70. The third-order valence-electron chi connectivity index (χ3n) is 7.07. The summed E-state index contributed by atoms with van der Waals surface area (Å²) in [7, 11) is 6.77. The van der Waals surface area contributed by atoms with Crippen molar-refractivity contribution in [2.24, 2.45) is 0 Å². The molecule has 46 heavy (non-hydrogen) atoms. The molecule has 0 aliphatic carbocycles. The summed E-state index contributed by atoms with van der Waals surface area (Å²) >= 11 is 0. The molecule has 2 heterocycles. The van der Waals surface area contributed by atoms with Gasteiger partial charge < -0.3 is 25.2 Å². The Balaban J connectivity index is 0.000000533. The predicted octanol–water partition coefficient (Wildman–Crippen LogP) is 4.11. The van der Waals surface area contributed by atoms with Gasteiger partial charge in [0.25, 0.3) is 17.7 Å². The van der Waals surface area contributed by atoms with Crippen LogP contribution in [0.4, 0.5) is 20.2 Å². The Kier molecular flexibility index (Phi) is 10.5. The van der Waals surface area contributed by atoms with Crippen LogP contribution < -0.4 is 20.3 Å². The number of carbonyl (C=O) groups excluding carboxylic acids is 3. The van der Waals surface area contributed by atoms with E-state index in [-0.39, 0.29) is 46.1 Å². The number of alkyl halides is 2. The van der Waals surface area contributed by atoms with Crippen LogP contribution in [0.15, 0.2) is 79.0 Å². The number of nitrogens with one attached hydrogen (secondary N) is 2. The van der Waals surface area contributed by atoms with Crippen molar-refractivity contribution in [2.45, 2.75) is 12.5 Å². The molecule has 0 saturated carbocycles. The van der Waals surface area contributed by atoms with Gasteiger partial charge in [-0.3, -0.25) is 19.1 Å². The van der Waals surface area contributed by atoms with Gasteiger partial charge in [-0.2, -0.15) is 19.1 Å². The third kappa shape index (κ3) is 7.36. The zero-order valence-electron chi connectivity index (χ0n) is 25.8. The average Bonchev–Trinajstić information content (AvgIpc) is 3.48. The summed E-state index contributed by atoms with van der Waals surface area (Å²) in [6.07, 6.45) is 1.38. The van der Waals surface area contributed by atoms with Crippen molar-refractivity contribution >= 4 is 29.1 Å². The van der Waals surface area contributed by atoms with Gasteiger partial charge in [0.15, 0.2) is 0 Å². The first-order chi connectivity index (χ1) is 22.0. The molecule has 1 aromatic heterocycles. The lowest BCUT2D eigenvalue weighted by molar-refractivity contribution is -0.121. The fourth-order valence-corrected chi connectivity index (χ4v) is 4.70. The van der Waals surface area contributed by atoms with Crippen LogP contribution in [-0.2, 0) is 17.3 Å². The number of fused-ring (bicyclic) bond motifs is 1. The first kappa shape index (κ1) is 33.3. The van der Waals surface area contributed by atoms with Crippen LogP contribution in [-0.4, -0.2) is 73.7 Å². The standard InChI is InChI=1S/C28H21F2N5O3.C5H12N2O/c1-38-24-12-7-18(15-19(24)16-31)26(36)33-23-17-32-35-14-13-34(27(37)25(23)35)22-10-8-21(9-11-22)28(29,30)20-5-3-2-4-6-20;1-6-5(8)4-7(2)3/h2-12,15,17H,13-14H2,1H3,(H,33,36);4H2,1-3H3,(H,6,8). The lowest BCUT2D eigenvalue weighted by Crippen LogP contribution is -2.41. The molecule has 0 fully saturated rings. The molecule has 11 nitrogen and oxygen atoms in total. The van der Waals surface area contributed by atoms with Gasteiger partial charge in [0, 0.05) is 36.0 Å². The summed E-state index contributed by atoms with van der Waals surface area (Å²) < 4.78 is 36.5. The molecule has 13 heteroatoms. The average molecular weight is 630 g/mol. The number of benzene rings is 3. The van der Waals surface area contributed by atoms with E-state index in [2.05, 4.69) is 15.7 Å². The van der Waals surface area contributed by atoms with Gasteiger partial charge in [0.05, 0.1) is 37.6 Å². The molecule has 0 spiro atoms. The number of ether oxygens (including phenoxy) is 1. The van der Waals surface area contributed by atoms with Crippen molar-refractivity contribution in [1.82, 2.24) is 20.0 Å². The minimum atomic E-state index is -3.19. The fraction of sp³-hybridized carbons (Fsp3) is 0.242. The molecule has 1 aliphatic rings. The number of aromatic nitrogens is 2. The zero-order chi connectivity index (χ0) is 33.4. The highest BCUT2D eigenvalue weighted by atomic mass is 19.3. The quantitative estimate of drug-likeness (QED) is 0.300. The van der Waals surface area contributed by atoms with Crippen LogP contribution in [0.2, 0.25) is 0 Å². The number of nitrogens with zero attached hydrogens (tertiary/aromatic N) is 5. The number of halogens is 2.